The van der Waals surface area contributed by atoms with E-state index in [2.05, 4.69) is 10.3 Å². The summed E-state index contributed by atoms with van der Waals surface area (Å²) in [7, 11) is 0. The summed E-state index contributed by atoms with van der Waals surface area (Å²) in [6.45, 7) is 2.39. The van der Waals surface area contributed by atoms with E-state index in [1.165, 1.54) is 18.2 Å². The Morgan fingerprint density at radius 3 is 2.85 bits per heavy atom. The molecule has 0 aliphatic carbocycles. The quantitative estimate of drug-likeness (QED) is 0.894. The average Bonchev–Trinajstić information content (AvgIpc) is 3.00. The van der Waals surface area contributed by atoms with Gasteiger partial charge in [-0.2, -0.15) is 13.2 Å². The molecule has 1 saturated heterocycles. The van der Waals surface area contributed by atoms with Crippen LogP contribution in [0.25, 0.3) is 11.1 Å². The van der Waals surface area contributed by atoms with Crippen molar-refractivity contribution in [3.63, 3.8) is 0 Å². The third-order valence-corrected chi connectivity index (χ3v) is 4.31. The molecule has 0 spiro atoms. The number of aromatic nitrogens is 1. The van der Waals surface area contributed by atoms with Crippen molar-refractivity contribution in [1.82, 2.24) is 9.88 Å². The van der Waals surface area contributed by atoms with Crippen LogP contribution in [0.4, 0.5) is 18.9 Å². The van der Waals surface area contributed by atoms with Crippen molar-refractivity contribution in [2.45, 2.75) is 44.8 Å². The zero-order chi connectivity index (χ0) is 18.9. The van der Waals surface area contributed by atoms with E-state index in [-0.39, 0.29) is 35.2 Å². The number of nitrogens with one attached hydrogen (secondary N) is 1. The van der Waals surface area contributed by atoms with Gasteiger partial charge in [-0.25, -0.2) is 4.98 Å². The summed E-state index contributed by atoms with van der Waals surface area (Å²) < 4.78 is 43.0. The number of alkyl halides is 3. The first-order valence-corrected chi connectivity index (χ1v) is 8.32. The lowest BCUT2D eigenvalue weighted by Gasteiger charge is -2.32. The van der Waals surface area contributed by atoms with Gasteiger partial charge < -0.3 is 14.6 Å². The minimum Gasteiger partial charge on any atom is -0.433 e. The van der Waals surface area contributed by atoms with Crippen molar-refractivity contribution in [2.75, 3.05) is 11.9 Å². The number of fused-ring (bicyclic) bond motifs is 1. The molecule has 6 nitrogen and oxygen atoms in total. The Kier molecular flexibility index (Phi) is 4.88. The highest BCUT2D eigenvalue weighted by atomic mass is 19.4. The van der Waals surface area contributed by atoms with Crippen LogP contribution in [0.5, 0.6) is 0 Å². The monoisotopic (exact) mass is 369 g/mol. The Balaban J connectivity index is 1.73. The molecule has 3 rings (SSSR count). The van der Waals surface area contributed by atoms with E-state index < -0.39 is 18.0 Å². The van der Waals surface area contributed by atoms with Gasteiger partial charge in [-0.05, 0) is 31.9 Å². The van der Waals surface area contributed by atoms with Crippen LogP contribution in [0, 0.1) is 0 Å². The molecule has 1 unspecified atom stereocenters. The largest absolute Gasteiger partial charge is 0.468 e. The highest BCUT2D eigenvalue weighted by Crippen LogP contribution is 2.33. The van der Waals surface area contributed by atoms with Gasteiger partial charge in [0.25, 0.3) is 0 Å². The molecule has 0 radical (unpaired) electrons. The highest BCUT2D eigenvalue weighted by Gasteiger charge is 2.38. The fourth-order valence-corrected chi connectivity index (χ4v) is 3.04. The van der Waals surface area contributed by atoms with E-state index in [1.807, 2.05) is 0 Å². The van der Waals surface area contributed by atoms with E-state index in [0.29, 0.717) is 13.0 Å². The summed E-state index contributed by atoms with van der Waals surface area (Å²) in [6, 6.07) is 3.99. The maximum atomic E-state index is 12.8. The number of nitrogens with zero attached hydrogens (tertiary/aromatic N) is 2. The number of halogens is 3. The van der Waals surface area contributed by atoms with Crippen molar-refractivity contribution in [2.24, 2.45) is 0 Å². The van der Waals surface area contributed by atoms with Crippen molar-refractivity contribution in [3.8, 4) is 0 Å². The predicted molar refractivity (Wildman–Crippen MR) is 87.3 cm³/mol. The van der Waals surface area contributed by atoms with Gasteiger partial charge in [-0.1, -0.05) is 6.07 Å². The molecule has 1 aromatic carbocycles. The third-order valence-electron chi connectivity index (χ3n) is 4.31. The van der Waals surface area contributed by atoms with Gasteiger partial charge in [0.1, 0.15) is 5.52 Å². The second-order valence-corrected chi connectivity index (χ2v) is 6.31. The van der Waals surface area contributed by atoms with Gasteiger partial charge in [-0.3, -0.25) is 9.59 Å². The number of oxazole rings is 1. The highest BCUT2D eigenvalue weighted by molar-refractivity contribution is 5.99. The Hall–Kier alpha value is -2.58. The number of para-hydroxylation sites is 1. The van der Waals surface area contributed by atoms with Gasteiger partial charge in [0, 0.05) is 25.4 Å². The first-order valence-electron chi connectivity index (χ1n) is 8.32. The number of anilines is 1. The lowest BCUT2D eigenvalue weighted by molar-refractivity contribution is -0.156. The third kappa shape index (κ3) is 3.81. The second-order valence-electron chi connectivity index (χ2n) is 6.31. The van der Waals surface area contributed by atoms with Crippen LogP contribution in [-0.4, -0.2) is 34.3 Å². The van der Waals surface area contributed by atoms with E-state index in [4.69, 9.17) is 4.42 Å². The lowest BCUT2D eigenvalue weighted by Crippen LogP contribution is -2.43. The minimum absolute atomic E-state index is 0.0185. The standard InChI is InChI=1S/C17H18F3N3O3/c1-10(23-8-3-2-7-14(23)25)9-13(24)21-11-5-4-6-12-15(11)22-16(26-12)17(18,19)20/h4-6,10H,2-3,7-9H2,1H3,(H,21,24). The smallest absolute Gasteiger partial charge is 0.433 e. The predicted octanol–water partition coefficient (Wildman–Crippen LogP) is 3.58. The SMILES string of the molecule is CC(CC(=O)Nc1cccc2oc(C(F)(F)F)nc12)N1CCCCC1=O. The number of piperidine rings is 1. The first kappa shape index (κ1) is 18.2. The van der Waals surface area contributed by atoms with Crippen LogP contribution in [0.2, 0.25) is 0 Å². The topological polar surface area (TPSA) is 75.4 Å². The molecule has 9 heteroatoms. The molecule has 1 fully saturated rings. The van der Waals surface area contributed by atoms with Gasteiger partial charge >= 0.3 is 12.1 Å². The molecule has 2 heterocycles. The average molecular weight is 369 g/mol. The van der Waals surface area contributed by atoms with Crippen molar-refractivity contribution in [1.29, 1.82) is 0 Å². The van der Waals surface area contributed by atoms with Crippen LogP contribution in [0.1, 0.15) is 38.5 Å². The van der Waals surface area contributed by atoms with Crippen molar-refractivity contribution >= 4 is 28.6 Å². The molecular weight excluding hydrogens is 351 g/mol. The van der Waals surface area contributed by atoms with Crippen LogP contribution in [-0.2, 0) is 15.8 Å². The fourth-order valence-electron chi connectivity index (χ4n) is 3.04. The summed E-state index contributed by atoms with van der Waals surface area (Å²) in [6.07, 6.45) is -2.43. The zero-order valence-corrected chi connectivity index (χ0v) is 14.1. The number of amides is 2. The normalized spacial score (nSPS) is 16.8. The molecule has 0 saturated carbocycles. The van der Waals surface area contributed by atoms with E-state index in [1.54, 1.807) is 11.8 Å². The molecule has 1 aromatic heterocycles. The van der Waals surface area contributed by atoms with E-state index in [0.717, 1.165) is 12.8 Å². The Labute approximate surface area is 147 Å². The molecule has 1 aliphatic heterocycles. The summed E-state index contributed by atoms with van der Waals surface area (Å²) in [5.74, 6) is -1.74. The molecule has 140 valence electrons. The van der Waals surface area contributed by atoms with E-state index in [9.17, 15) is 22.8 Å². The number of hydrogen-bond donors (Lipinski definition) is 1. The molecule has 1 N–H and O–H groups in total. The number of benzene rings is 1. The summed E-state index contributed by atoms with van der Waals surface area (Å²) in [5.41, 5.74) is 0.0215. The van der Waals surface area contributed by atoms with Gasteiger partial charge in [-0.15, -0.1) is 0 Å². The number of hydrogen-bond acceptors (Lipinski definition) is 4. The fraction of sp³-hybridized carbons (Fsp3) is 0.471. The molecule has 2 aromatic rings. The molecule has 0 bridgehead atoms. The summed E-state index contributed by atoms with van der Waals surface area (Å²) in [4.78, 5) is 29.3. The lowest BCUT2D eigenvalue weighted by atomic mass is 10.1. The van der Waals surface area contributed by atoms with Gasteiger partial charge in [0.2, 0.25) is 11.8 Å². The number of carbonyl (C=O) groups excluding carboxylic acids is 2. The maximum Gasteiger partial charge on any atom is 0.468 e. The van der Waals surface area contributed by atoms with Crippen LogP contribution in [0.3, 0.4) is 0 Å². The first-order chi connectivity index (χ1) is 12.3. The van der Waals surface area contributed by atoms with Crippen LogP contribution >= 0.6 is 0 Å². The van der Waals surface area contributed by atoms with Crippen molar-refractivity contribution < 1.29 is 27.2 Å². The maximum absolute atomic E-state index is 12.8. The summed E-state index contributed by atoms with van der Waals surface area (Å²) in [5, 5.41) is 2.57. The summed E-state index contributed by atoms with van der Waals surface area (Å²) >= 11 is 0. The van der Waals surface area contributed by atoms with Gasteiger partial charge in [0.05, 0.1) is 5.69 Å². The molecular formula is C17H18F3N3O3. The minimum atomic E-state index is -4.70. The van der Waals surface area contributed by atoms with Crippen molar-refractivity contribution in [3.05, 3.63) is 24.1 Å². The number of carbonyl (C=O) groups is 2. The van der Waals surface area contributed by atoms with E-state index >= 15 is 0 Å². The van der Waals surface area contributed by atoms with Crippen LogP contribution in [0.15, 0.2) is 22.6 Å². The van der Waals surface area contributed by atoms with Crippen LogP contribution < -0.4 is 5.32 Å². The Morgan fingerprint density at radius 1 is 1.38 bits per heavy atom. The number of likely N-dealkylation sites (tertiary alicyclic amines) is 1. The Morgan fingerprint density at radius 2 is 2.15 bits per heavy atom. The molecule has 1 atom stereocenters. The molecule has 1 aliphatic rings. The van der Waals surface area contributed by atoms with Gasteiger partial charge in [0.15, 0.2) is 5.58 Å². The Bertz CT molecular complexity index is 832. The molecule has 26 heavy (non-hydrogen) atoms. The zero-order valence-electron chi connectivity index (χ0n) is 14.1. The second kappa shape index (κ2) is 6.97. The molecule has 2 amide bonds. The number of rotatable bonds is 4.